The molecule has 0 saturated heterocycles. The van der Waals surface area contributed by atoms with E-state index in [1.54, 1.807) is 0 Å². The van der Waals surface area contributed by atoms with Crippen LogP contribution in [0.15, 0.2) is 18.5 Å². The van der Waals surface area contributed by atoms with Crippen LogP contribution in [0.3, 0.4) is 0 Å². The van der Waals surface area contributed by atoms with Crippen molar-refractivity contribution in [2.24, 2.45) is 5.92 Å². The first-order valence-corrected chi connectivity index (χ1v) is 7.69. The lowest BCUT2D eigenvalue weighted by molar-refractivity contribution is -0.00630. The van der Waals surface area contributed by atoms with Crippen LogP contribution in [0.25, 0.3) is 0 Å². The molecule has 0 aromatic carbocycles. The van der Waals surface area contributed by atoms with Gasteiger partial charge in [-0.05, 0) is 49.7 Å². The third-order valence-electron chi connectivity index (χ3n) is 4.28. The molecular weight excluding hydrogens is 236 g/mol. The first-order chi connectivity index (χ1) is 9.11. The molecule has 0 bridgehead atoms. The molecule has 0 radical (unpaired) electrons. The molecule has 1 saturated carbocycles. The highest BCUT2D eigenvalue weighted by Gasteiger charge is 2.31. The summed E-state index contributed by atoms with van der Waals surface area (Å²) in [6, 6.07) is 2.16. The first-order valence-electron chi connectivity index (χ1n) is 7.69. The van der Waals surface area contributed by atoms with Gasteiger partial charge in [-0.15, -0.1) is 0 Å². The summed E-state index contributed by atoms with van der Waals surface area (Å²) in [6.45, 7) is 7.13. The molecule has 2 rings (SSSR count). The first kappa shape index (κ1) is 14.6. The number of aliphatic hydroxyl groups is 1. The molecular formula is C16H28N2O. The van der Waals surface area contributed by atoms with Gasteiger partial charge in [0.1, 0.15) is 0 Å². The highest BCUT2D eigenvalue weighted by molar-refractivity contribution is 5.10. The van der Waals surface area contributed by atoms with Gasteiger partial charge in [0.2, 0.25) is 0 Å². The summed E-state index contributed by atoms with van der Waals surface area (Å²) in [5.41, 5.74) is 0.833. The normalized spacial score (nSPS) is 27.6. The maximum atomic E-state index is 10.5. The number of aryl methyl sites for hydroxylation is 1. The van der Waals surface area contributed by atoms with Gasteiger partial charge in [0.25, 0.3) is 0 Å². The third-order valence-corrected chi connectivity index (χ3v) is 4.28. The minimum atomic E-state index is -0.474. The Morgan fingerprint density at radius 2 is 2.16 bits per heavy atom. The second-order valence-corrected chi connectivity index (χ2v) is 6.27. The maximum Gasteiger partial charge on any atom is 0.0771 e. The molecule has 1 fully saturated rings. The van der Waals surface area contributed by atoms with E-state index >= 15 is 0 Å². The van der Waals surface area contributed by atoms with Gasteiger partial charge in [0.15, 0.2) is 0 Å². The zero-order chi connectivity index (χ0) is 13.7. The summed E-state index contributed by atoms with van der Waals surface area (Å²) in [7, 11) is 0. The van der Waals surface area contributed by atoms with Crippen LogP contribution in [0, 0.1) is 5.92 Å². The zero-order valence-electron chi connectivity index (χ0n) is 12.4. The highest BCUT2D eigenvalue weighted by Crippen LogP contribution is 2.31. The summed E-state index contributed by atoms with van der Waals surface area (Å²) in [5, 5.41) is 13.9. The summed E-state index contributed by atoms with van der Waals surface area (Å²) in [4.78, 5) is 0. The highest BCUT2D eigenvalue weighted by atomic mass is 16.3. The SMILES string of the molecule is CCCn1ccc(CNCC2(O)CCC(C)CC2)c1. The van der Waals surface area contributed by atoms with Crippen LogP contribution in [0.1, 0.15) is 51.5 Å². The third kappa shape index (κ3) is 4.36. The van der Waals surface area contributed by atoms with E-state index < -0.39 is 5.60 Å². The average Bonchev–Trinajstić information content (AvgIpc) is 2.82. The Morgan fingerprint density at radius 3 is 2.84 bits per heavy atom. The largest absolute Gasteiger partial charge is 0.389 e. The minimum absolute atomic E-state index is 0.474. The Bertz CT molecular complexity index is 378. The van der Waals surface area contributed by atoms with Gasteiger partial charge < -0.3 is 15.0 Å². The van der Waals surface area contributed by atoms with E-state index in [0.717, 1.165) is 51.2 Å². The van der Waals surface area contributed by atoms with E-state index in [1.165, 1.54) is 12.0 Å². The van der Waals surface area contributed by atoms with Gasteiger partial charge in [0.05, 0.1) is 5.60 Å². The fourth-order valence-corrected chi connectivity index (χ4v) is 2.91. The van der Waals surface area contributed by atoms with Crippen molar-refractivity contribution in [3.63, 3.8) is 0 Å². The van der Waals surface area contributed by atoms with Crippen molar-refractivity contribution in [1.82, 2.24) is 9.88 Å². The van der Waals surface area contributed by atoms with Crippen LogP contribution < -0.4 is 5.32 Å². The van der Waals surface area contributed by atoms with Crippen LogP contribution in [0.2, 0.25) is 0 Å². The molecule has 1 aliphatic rings. The molecule has 2 N–H and O–H groups in total. The van der Waals surface area contributed by atoms with Crippen LogP contribution in [-0.2, 0) is 13.1 Å². The van der Waals surface area contributed by atoms with Crippen molar-refractivity contribution in [2.45, 2.75) is 64.6 Å². The fraction of sp³-hybridized carbons (Fsp3) is 0.750. The Morgan fingerprint density at radius 1 is 1.42 bits per heavy atom. The van der Waals surface area contributed by atoms with E-state index in [2.05, 4.69) is 42.2 Å². The molecule has 0 atom stereocenters. The van der Waals surface area contributed by atoms with E-state index in [4.69, 9.17) is 0 Å². The Hall–Kier alpha value is -0.800. The van der Waals surface area contributed by atoms with Crippen LogP contribution >= 0.6 is 0 Å². The lowest BCUT2D eigenvalue weighted by Crippen LogP contribution is -2.43. The smallest absolute Gasteiger partial charge is 0.0771 e. The number of hydrogen-bond donors (Lipinski definition) is 2. The van der Waals surface area contributed by atoms with Gasteiger partial charge in [-0.1, -0.05) is 13.8 Å². The fourth-order valence-electron chi connectivity index (χ4n) is 2.91. The predicted molar refractivity (Wildman–Crippen MR) is 79.0 cm³/mol. The number of nitrogens with zero attached hydrogens (tertiary/aromatic N) is 1. The van der Waals surface area contributed by atoms with E-state index in [1.807, 2.05) is 0 Å². The molecule has 0 aliphatic heterocycles. The molecule has 0 unspecified atom stereocenters. The van der Waals surface area contributed by atoms with Crippen molar-refractivity contribution in [3.05, 3.63) is 24.0 Å². The number of rotatable bonds is 6. The number of nitrogens with one attached hydrogen (secondary N) is 1. The Kier molecular flexibility index (Phi) is 5.06. The van der Waals surface area contributed by atoms with E-state index in [9.17, 15) is 5.11 Å². The molecule has 1 aromatic heterocycles. The quantitative estimate of drug-likeness (QED) is 0.829. The molecule has 3 nitrogen and oxygen atoms in total. The molecule has 1 heterocycles. The molecule has 108 valence electrons. The van der Waals surface area contributed by atoms with Gasteiger partial charge in [0, 0.05) is 32.0 Å². The zero-order valence-corrected chi connectivity index (χ0v) is 12.4. The van der Waals surface area contributed by atoms with Crippen molar-refractivity contribution >= 4 is 0 Å². The molecule has 3 heteroatoms. The molecule has 1 aromatic rings. The van der Waals surface area contributed by atoms with Gasteiger partial charge in [-0.2, -0.15) is 0 Å². The number of hydrogen-bond acceptors (Lipinski definition) is 2. The van der Waals surface area contributed by atoms with Crippen molar-refractivity contribution < 1.29 is 5.11 Å². The average molecular weight is 264 g/mol. The van der Waals surface area contributed by atoms with Gasteiger partial charge in [-0.3, -0.25) is 0 Å². The van der Waals surface area contributed by atoms with Crippen molar-refractivity contribution in [3.8, 4) is 0 Å². The van der Waals surface area contributed by atoms with Gasteiger partial charge >= 0.3 is 0 Å². The molecule has 1 aliphatic carbocycles. The Labute approximate surface area is 117 Å². The van der Waals surface area contributed by atoms with Crippen LogP contribution in [0.4, 0.5) is 0 Å². The van der Waals surface area contributed by atoms with E-state index in [0.29, 0.717) is 0 Å². The summed E-state index contributed by atoms with van der Waals surface area (Å²) in [5.74, 6) is 0.781. The lowest BCUT2D eigenvalue weighted by Gasteiger charge is -2.35. The van der Waals surface area contributed by atoms with Crippen LogP contribution in [0.5, 0.6) is 0 Å². The standard InChI is InChI=1S/C16H28N2O/c1-3-9-18-10-6-15(12-18)11-17-13-16(19)7-4-14(2)5-8-16/h6,10,12,14,17,19H,3-5,7-9,11,13H2,1-2H3. The molecule has 19 heavy (non-hydrogen) atoms. The van der Waals surface area contributed by atoms with Crippen LogP contribution in [-0.4, -0.2) is 21.8 Å². The van der Waals surface area contributed by atoms with E-state index in [-0.39, 0.29) is 0 Å². The Balaban J connectivity index is 1.73. The molecule has 0 amide bonds. The minimum Gasteiger partial charge on any atom is -0.389 e. The maximum absolute atomic E-state index is 10.5. The van der Waals surface area contributed by atoms with Gasteiger partial charge in [-0.25, -0.2) is 0 Å². The second kappa shape index (κ2) is 6.58. The monoisotopic (exact) mass is 264 g/mol. The number of aromatic nitrogens is 1. The predicted octanol–water partition coefficient (Wildman–Crippen LogP) is 2.93. The molecule has 0 spiro atoms. The summed E-state index contributed by atoms with van der Waals surface area (Å²) < 4.78 is 2.23. The summed E-state index contributed by atoms with van der Waals surface area (Å²) in [6.07, 6.45) is 9.70. The summed E-state index contributed by atoms with van der Waals surface area (Å²) >= 11 is 0. The van der Waals surface area contributed by atoms with Crippen molar-refractivity contribution in [2.75, 3.05) is 6.54 Å². The lowest BCUT2D eigenvalue weighted by atomic mass is 9.79. The second-order valence-electron chi connectivity index (χ2n) is 6.27. The van der Waals surface area contributed by atoms with Crippen molar-refractivity contribution in [1.29, 1.82) is 0 Å². The topological polar surface area (TPSA) is 37.2 Å².